The van der Waals surface area contributed by atoms with E-state index in [-0.39, 0.29) is 0 Å². The summed E-state index contributed by atoms with van der Waals surface area (Å²) in [7, 11) is 0. The average molecular weight is 160 g/mol. The molecule has 0 aliphatic rings. The molecule has 2 heteroatoms. The molecule has 2 nitrogen and oxygen atoms in total. The van der Waals surface area contributed by atoms with Crippen LogP contribution in [0.4, 0.5) is 5.69 Å². The molecule has 0 saturated carbocycles. The van der Waals surface area contributed by atoms with E-state index in [0.717, 1.165) is 12.0 Å². The van der Waals surface area contributed by atoms with Gasteiger partial charge in [-0.3, -0.25) is 0 Å². The molecule has 1 aromatic rings. The molecule has 0 fully saturated rings. The van der Waals surface area contributed by atoms with Gasteiger partial charge in [0.1, 0.15) is 0 Å². The minimum atomic E-state index is 0.651. The number of isocyanates is 1. The van der Waals surface area contributed by atoms with Gasteiger partial charge in [-0.25, -0.2) is 4.79 Å². The Labute approximate surface area is 71.9 Å². The van der Waals surface area contributed by atoms with Crippen molar-refractivity contribution in [3.05, 3.63) is 36.2 Å². The third-order valence-electron chi connectivity index (χ3n) is 1.51. The molecule has 12 heavy (non-hydrogen) atoms. The van der Waals surface area contributed by atoms with E-state index in [1.54, 1.807) is 12.1 Å². The van der Waals surface area contributed by atoms with Gasteiger partial charge in [0, 0.05) is 0 Å². The molecule has 0 atom stereocenters. The van der Waals surface area contributed by atoms with Crippen LogP contribution < -0.4 is 0 Å². The van der Waals surface area contributed by atoms with Crippen LogP contribution in [0.25, 0.3) is 0 Å². The fourth-order valence-electron chi connectivity index (χ4n) is 0.973. The Kier molecular flexibility index (Phi) is 3.24. The average Bonchev–Trinajstić information content (AvgIpc) is 2.09. The molecular weight excluding hydrogens is 150 g/mol. The zero-order valence-electron chi connectivity index (χ0n) is 6.95. The van der Waals surface area contributed by atoms with Crippen LogP contribution in [-0.2, 0) is 4.79 Å². The van der Waals surface area contributed by atoms with Gasteiger partial charge in [0.2, 0.25) is 6.08 Å². The maximum Gasteiger partial charge on any atom is 0.240 e. The Morgan fingerprint density at radius 1 is 1.42 bits per heavy atom. The molecule has 1 aromatic carbocycles. The van der Waals surface area contributed by atoms with Crippen molar-refractivity contribution in [3.8, 4) is 0 Å². The first-order valence-electron chi connectivity index (χ1n) is 3.88. The molecule has 0 aliphatic heterocycles. The molecule has 0 spiro atoms. The van der Waals surface area contributed by atoms with Gasteiger partial charge in [-0.2, -0.15) is 4.99 Å². The Morgan fingerprint density at radius 2 is 2.08 bits per heavy atom. The van der Waals surface area contributed by atoms with Crippen molar-refractivity contribution in [2.75, 3.05) is 0 Å². The first kappa shape index (κ1) is 8.69. The van der Waals surface area contributed by atoms with Gasteiger partial charge < -0.3 is 0 Å². The van der Waals surface area contributed by atoms with E-state index in [1.165, 1.54) is 6.08 Å². The van der Waals surface area contributed by atoms with Crippen LogP contribution in [0.2, 0.25) is 0 Å². The lowest BCUT2D eigenvalue weighted by Crippen LogP contribution is -1.77. The van der Waals surface area contributed by atoms with Crippen molar-refractivity contribution in [2.45, 2.75) is 13.3 Å². The minimum Gasteiger partial charge on any atom is -0.211 e. The predicted octanol–water partition coefficient (Wildman–Crippen LogP) is 2.62. The minimum absolute atomic E-state index is 0.651. The second-order valence-corrected chi connectivity index (χ2v) is 2.41. The molecule has 61 valence electrons. The first-order chi connectivity index (χ1) is 5.86. The van der Waals surface area contributed by atoms with Gasteiger partial charge in [-0.1, -0.05) is 19.1 Å². The molecule has 0 saturated heterocycles. The van der Waals surface area contributed by atoms with Crippen LogP contribution >= 0.6 is 0 Å². The quantitative estimate of drug-likeness (QED) is 0.493. The third-order valence-corrected chi connectivity index (χ3v) is 1.51. The fraction of sp³-hybridized carbons (Fsp3) is 0.200. The summed E-state index contributed by atoms with van der Waals surface area (Å²) >= 11 is 0. The summed E-state index contributed by atoms with van der Waals surface area (Å²) in [6, 6.07) is 7.46. The van der Waals surface area contributed by atoms with Crippen molar-refractivity contribution in [1.29, 1.82) is 0 Å². The van der Waals surface area contributed by atoms with Crippen LogP contribution in [0.5, 0.6) is 0 Å². The Hall–Kier alpha value is -1.40. The standard InChI is InChI=1S/C10H10NO/c1-2-3-9-4-6-10(7-5-9)11-8-12/h3-7H,2H2,1H3. The molecule has 1 radical (unpaired) electrons. The number of nitrogens with zero attached hydrogens (tertiary/aromatic N) is 1. The van der Waals surface area contributed by atoms with Gasteiger partial charge >= 0.3 is 0 Å². The molecular formula is C10H10NO. The second-order valence-electron chi connectivity index (χ2n) is 2.41. The summed E-state index contributed by atoms with van der Waals surface area (Å²) in [6.45, 7) is 2.08. The summed E-state index contributed by atoms with van der Waals surface area (Å²) in [4.78, 5) is 13.4. The highest BCUT2D eigenvalue weighted by Gasteiger charge is 1.91. The number of carbonyl (C=O) groups excluding carboxylic acids is 1. The van der Waals surface area contributed by atoms with E-state index in [4.69, 9.17) is 0 Å². The monoisotopic (exact) mass is 160 g/mol. The van der Waals surface area contributed by atoms with Crippen molar-refractivity contribution in [2.24, 2.45) is 4.99 Å². The molecule has 0 amide bonds. The normalized spacial score (nSPS) is 9.08. The Bertz CT molecular complexity index is 283. The lowest BCUT2D eigenvalue weighted by molar-refractivity contribution is 0.565. The lowest BCUT2D eigenvalue weighted by atomic mass is 10.1. The van der Waals surface area contributed by atoms with E-state index in [1.807, 2.05) is 12.1 Å². The van der Waals surface area contributed by atoms with E-state index < -0.39 is 0 Å². The SMILES string of the molecule is CC[CH]c1ccc(N=C=O)cc1. The summed E-state index contributed by atoms with van der Waals surface area (Å²) in [6.07, 6.45) is 4.62. The highest BCUT2D eigenvalue weighted by Crippen LogP contribution is 2.13. The molecule has 0 unspecified atom stereocenters. The number of aliphatic imine (C=N–C) groups is 1. The topological polar surface area (TPSA) is 29.4 Å². The number of benzene rings is 1. The molecule has 1 rings (SSSR count). The van der Waals surface area contributed by atoms with Crippen LogP contribution in [-0.4, -0.2) is 6.08 Å². The lowest BCUT2D eigenvalue weighted by Gasteiger charge is -1.96. The van der Waals surface area contributed by atoms with Crippen molar-refractivity contribution in [1.82, 2.24) is 0 Å². The van der Waals surface area contributed by atoms with Gasteiger partial charge in [0.15, 0.2) is 0 Å². The zero-order valence-corrected chi connectivity index (χ0v) is 6.95. The summed E-state index contributed by atoms with van der Waals surface area (Å²) in [5.74, 6) is 0. The van der Waals surface area contributed by atoms with Gasteiger partial charge in [0.25, 0.3) is 0 Å². The number of rotatable bonds is 3. The summed E-state index contributed by atoms with van der Waals surface area (Å²) in [5.41, 5.74) is 1.81. The predicted molar refractivity (Wildman–Crippen MR) is 47.9 cm³/mol. The molecule has 0 bridgehead atoms. The highest BCUT2D eigenvalue weighted by molar-refractivity contribution is 5.49. The fourth-order valence-corrected chi connectivity index (χ4v) is 0.973. The van der Waals surface area contributed by atoms with E-state index in [2.05, 4.69) is 18.3 Å². The summed E-state index contributed by atoms with van der Waals surface area (Å²) in [5, 5.41) is 0. The Morgan fingerprint density at radius 3 is 2.58 bits per heavy atom. The summed E-state index contributed by atoms with van der Waals surface area (Å²) < 4.78 is 0. The number of hydrogen-bond donors (Lipinski definition) is 0. The molecule has 0 N–H and O–H groups in total. The molecule has 0 aliphatic carbocycles. The van der Waals surface area contributed by atoms with E-state index in [9.17, 15) is 4.79 Å². The largest absolute Gasteiger partial charge is 0.240 e. The maximum absolute atomic E-state index is 9.89. The molecule has 0 aromatic heterocycles. The number of hydrogen-bond acceptors (Lipinski definition) is 2. The van der Waals surface area contributed by atoms with E-state index >= 15 is 0 Å². The van der Waals surface area contributed by atoms with Crippen LogP contribution in [0.15, 0.2) is 29.3 Å². The highest BCUT2D eigenvalue weighted by atomic mass is 16.1. The van der Waals surface area contributed by atoms with Gasteiger partial charge in [-0.05, 0) is 30.5 Å². The Balaban J connectivity index is 2.77. The zero-order chi connectivity index (χ0) is 8.81. The van der Waals surface area contributed by atoms with Crippen molar-refractivity contribution in [3.63, 3.8) is 0 Å². The van der Waals surface area contributed by atoms with Crippen LogP contribution in [0.1, 0.15) is 18.9 Å². The maximum atomic E-state index is 9.89. The molecule has 0 heterocycles. The second kappa shape index (κ2) is 4.47. The van der Waals surface area contributed by atoms with Gasteiger partial charge in [-0.15, -0.1) is 0 Å². The van der Waals surface area contributed by atoms with Crippen LogP contribution in [0.3, 0.4) is 0 Å². The first-order valence-corrected chi connectivity index (χ1v) is 3.88. The third kappa shape index (κ3) is 2.33. The van der Waals surface area contributed by atoms with Gasteiger partial charge in [0.05, 0.1) is 5.69 Å². The van der Waals surface area contributed by atoms with E-state index in [0.29, 0.717) is 5.69 Å². The smallest absolute Gasteiger partial charge is 0.211 e. The van der Waals surface area contributed by atoms with Crippen molar-refractivity contribution < 1.29 is 4.79 Å². The van der Waals surface area contributed by atoms with Crippen LogP contribution in [0, 0.1) is 6.42 Å². The van der Waals surface area contributed by atoms with Crippen molar-refractivity contribution >= 4 is 11.8 Å².